The molecule has 0 unspecified atom stereocenters. The van der Waals surface area contributed by atoms with Gasteiger partial charge in [-0.3, -0.25) is 4.79 Å². The Balaban J connectivity index is 1.93. The van der Waals surface area contributed by atoms with Crippen LogP contribution in [0, 0.1) is 0 Å². The van der Waals surface area contributed by atoms with Gasteiger partial charge in [0.15, 0.2) is 4.80 Å². The molecule has 0 N–H and O–H groups in total. The number of fused-ring (bicyclic) bond motifs is 1. The van der Waals surface area contributed by atoms with Crippen LogP contribution in [0.5, 0.6) is 17.2 Å². The molecular weight excluding hydrogens is 388 g/mol. The summed E-state index contributed by atoms with van der Waals surface area (Å²) in [5, 5.41) is 0. The lowest BCUT2D eigenvalue weighted by molar-refractivity contribution is 0.0997. The normalized spacial score (nSPS) is 11.7. The van der Waals surface area contributed by atoms with Crippen LogP contribution in [-0.4, -0.2) is 31.3 Å². The summed E-state index contributed by atoms with van der Waals surface area (Å²) in [5.74, 6) is 1.80. The molecule has 0 bridgehead atoms. The van der Waals surface area contributed by atoms with Gasteiger partial charge in [0, 0.05) is 12.6 Å². The minimum Gasteiger partial charge on any atom is -0.495 e. The van der Waals surface area contributed by atoms with Crippen molar-refractivity contribution in [2.24, 2.45) is 12.0 Å². The van der Waals surface area contributed by atoms with Crippen molar-refractivity contribution in [2.45, 2.75) is 26.2 Å². The second-order valence-electron chi connectivity index (χ2n) is 6.59. The molecule has 3 rings (SSSR count). The van der Waals surface area contributed by atoms with Gasteiger partial charge in [-0.05, 0) is 36.8 Å². The quantitative estimate of drug-likeness (QED) is 0.507. The molecule has 0 fully saturated rings. The highest BCUT2D eigenvalue weighted by molar-refractivity contribution is 7.16. The molecule has 6 nitrogen and oxygen atoms in total. The lowest BCUT2D eigenvalue weighted by Gasteiger charge is -2.07. The first-order chi connectivity index (χ1) is 14.1. The van der Waals surface area contributed by atoms with Crippen molar-refractivity contribution in [3.05, 3.63) is 46.8 Å². The second kappa shape index (κ2) is 9.60. The molecule has 0 aliphatic carbocycles. The molecule has 0 aliphatic rings. The summed E-state index contributed by atoms with van der Waals surface area (Å²) < 4.78 is 19.4. The van der Waals surface area contributed by atoms with Crippen molar-refractivity contribution in [1.29, 1.82) is 0 Å². The fourth-order valence-electron chi connectivity index (χ4n) is 3.04. The van der Waals surface area contributed by atoms with Gasteiger partial charge in [-0.25, -0.2) is 0 Å². The van der Waals surface area contributed by atoms with Crippen LogP contribution in [0.2, 0.25) is 0 Å². The summed E-state index contributed by atoms with van der Waals surface area (Å²) in [5.41, 5.74) is 1.34. The predicted octanol–water partition coefficient (Wildman–Crippen LogP) is 4.57. The Labute approximate surface area is 174 Å². The number of hydrogen-bond acceptors (Lipinski definition) is 5. The average Bonchev–Trinajstić information content (AvgIpc) is 3.07. The lowest BCUT2D eigenvalue weighted by atomic mass is 10.2. The van der Waals surface area contributed by atoms with Crippen LogP contribution < -0.4 is 19.0 Å². The molecule has 0 saturated carbocycles. The smallest absolute Gasteiger partial charge is 0.279 e. The number of rotatable bonds is 8. The van der Waals surface area contributed by atoms with Gasteiger partial charge in [0.2, 0.25) is 0 Å². The zero-order valence-corrected chi connectivity index (χ0v) is 18.0. The number of carbonyl (C=O) groups excluding carboxylic acids is 1. The summed E-state index contributed by atoms with van der Waals surface area (Å²) >= 11 is 1.39. The third-order valence-electron chi connectivity index (χ3n) is 4.61. The largest absolute Gasteiger partial charge is 0.495 e. The Morgan fingerprint density at radius 3 is 2.59 bits per heavy atom. The van der Waals surface area contributed by atoms with Crippen molar-refractivity contribution in [2.75, 3.05) is 20.8 Å². The number of ether oxygens (including phenoxy) is 3. The molecule has 0 radical (unpaired) electrons. The molecule has 1 amide bonds. The highest BCUT2D eigenvalue weighted by Crippen LogP contribution is 2.34. The number of carbonyl (C=O) groups is 1. The first-order valence-electron chi connectivity index (χ1n) is 9.61. The fourth-order valence-corrected chi connectivity index (χ4v) is 4.17. The maximum Gasteiger partial charge on any atom is 0.279 e. The van der Waals surface area contributed by atoms with Crippen molar-refractivity contribution >= 4 is 27.5 Å². The van der Waals surface area contributed by atoms with Gasteiger partial charge in [-0.2, -0.15) is 4.99 Å². The van der Waals surface area contributed by atoms with Crippen LogP contribution in [0.4, 0.5) is 0 Å². The number of unbranched alkanes of at least 4 members (excludes halogenated alkanes) is 2. The van der Waals surface area contributed by atoms with Crippen LogP contribution in [0.3, 0.4) is 0 Å². The topological polar surface area (TPSA) is 62.1 Å². The summed E-state index contributed by atoms with van der Waals surface area (Å²) in [6, 6.07) is 10.9. The Morgan fingerprint density at radius 1 is 1.10 bits per heavy atom. The van der Waals surface area contributed by atoms with Crippen LogP contribution in [-0.2, 0) is 7.05 Å². The molecular formula is C22H26N2O4S. The van der Waals surface area contributed by atoms with E-state index in [2.05, 4.69) is 11.9 Å². The SMILES string of the molecule is CCCCCOc1cccc(C(=O)N=c2sc3c(OC)ccc(OC)c3n2C)c1. The Hall–Kier alpha value is -2.80. The van der Waals surface area contributed by atoms with Gasteiger partial charge < -0.3 is 18.8 Å². The Bertz CT molecular complexity index is 1070. The first-order valence-corrected chi connectivity index (χ1v) is 10.4. The summed E-state index contributed by atoms with van der Waals surface area (Å²) in [4.78, 5) is 17.7. The Morgan fingerprint density at radius 2 is 1.86 bits per heavy atom. The van der Waals surface area contributed by atoms with E-state index in [1.807, 2.05) is 35.9 Å². The molecule has 0 saturated heterocycles. The fraction of sp³-hybridized carbons (Fsp3) is 0.364. The molecule has 1 heterocycles. The number of amides is 1. The zero-order valence-electron chi connectivity index (χ0n) is 17.2. The van der Waals surface area contributed by atoms with Crippen molar-refractivity contribution in [1.82, 2.24) is 4.57 Å². The third-order valence-corrected chi connectivity index (χ3v) is 5.76. The monoisotopic (exact) mass is 414 g/mol. The Kier molecular flexibility index (Phi) is 6.93. The number of nitrogens with zero attached hydrogens (tertiary/aromatic N) is 2. The van der Waals surface area contributed by atoms with Crippen molar-refractivity contribution in [3.8, 4) is 17.2 Å². The molecule has 2 aromatic carbocycles. The minimum absolute atomic E-state index is 0.316. The molecule has 3 aromatic rings. The minimum atomic E-state index is -0.316. The van der Waals surface area contributed by atoms with Crippen LogP contribution in [0.15, 0.2) is 41.4 Å². The van der Waals surface area contributed by atoms with E-state index in [-0.39, 0.29) is 5.91 Å². The average molecular weight is 415 g/mol. The summed E-state index contributed by atoms with van der Waals surface area (Å²) in [6.07, 6.45) is 3.27. The van der Waals surface area contributed by atoms with E-state index in [0.29, 0.717) is 28.5 Å². The molecule has 0 atom stereocenters. The number of thiazole rings is 1. The van der Waals surface area contributed by atoms with Gasteiger partial charge in [0.25, 0.3) is 5.91 Å². The molecule has 1 aromatic heterocycles. The summed E-state index contributed by atoms with van der Waals surface area (Å²) in [7, 11) is 5.10. The van der Waals surface area contributed by atoms with E-state index in [9.17, 15) is 4.79 Å². The van der Waals surface area contributed by atoms with Crippen LogP contribution in [0.25, 0.3) is 10.2 Å². The molecule has 0 spiro atoms. The number of aryl methyl sites for hydroxylation is 1. The molecule has 154 valence electrons. The maximum atomic E-state index is 12.8. The predicted molar refractivity (Wildman–Crippen MR) is 115 cm³/mol. The van der Waals surface area contributed by atoms with Crippen molar-refractivity contribution < 1.29 is 19.0 Å². The second-order valence-corrected chi connectivity index (χ2v) is 7.57. The number of methoxy groups -OCH3 is 2. The van der Waals surface area contributed by atoms with Crippen molar-refractivity contribution in [3.63, 3.8) is 0 Å². The van der Waals surface area contributed by atoms with Crippen LogP contribution in [0.1, 0.15) is 36.5 Å². The van der Waals surface area contributed by atoms with Crippen LogP contribution >= 0.6 is 11.3 Å². The van der Waals surface area contributed by atoms with Gasteiger partial charge in [-0.15, -0.1) is 0 Å². The summed E-state index contributed by atoms with van der Waals surface area (Å²) in [6.45, 7) is 2.80. The third kappa shape index (κ3) is 4.62. The molecule has 0 aliphatic heterocycles. The van der Waals surface area contributed by atoms with E-state index < -0.39 is 0 Å². The number of aromatic nitrogens is 1. The highest BCUT2D eigenvalue weighted by atomic mass is 32.1. The van der Waals surface area contributed by atoms with Gasteiger partial charge in [-0.1, -0.05) is 37.2 Å². The number of benzene rings is 2. The maximum absolute atomic E-state index is 12.8. The van der Waals surface area contributed by atoms with E-state index >= 15 is 0 Å². The van der Waals surface area contributed by atoms with E-state index in [1.165, 1.54) is 11.3 Å². The molecule has 29 heavy (non-hydrogen) atoms. The lowest BCUT2D eigenvalue weighted by Crippen LogP contribution is -2.13. The van der Waals surface area contributed by atoms with E-state index in [0.717, 1.165) is 35.2 Å². The molecule has 7 heteroatoms. The standard InChI is InChI=1S/C22H26N2O4S/c1-5-6-7-13-28-16-10-8-9-15(14-16)21(25)23-22-24(2)19-17(26-3)11-12-18(27-4)20(19)29-22/h8-12,14H,5-7,13H2,1-4H3. The number of hydrogen-bond donors (Lipinski definition) is 0. The first kappa shape index (κ1) is 20.9. The highest BCUT2D eigenvalue weighted by Gasteiger charge is 2.15. The zero-order chi connectivity index (χ0) is 20.8. The van der Waals surface area contributed by atoms with E-state index in [1.54, 1.807) is 26.4 Å². The van der Waals surface area contributed by atoms with Gasteiger partial charge in [0.05, 0.1) is 20.8 Å². The van der Waals surface area contributed by atoms with E-state index in [4.69, 9.17) is 14.2 Å². The van der Waals surface area contributed by atoms with Gasteiger partial charge in [0.1, 0.15) is 27.5 Å². The van der Waals surface area contributed by atoms with Gasteiger partial charge >= 0.3 is 0 Å².